The topological polar surface area (TPSA) is 68.8 Å². The second-order valence-corrected chi connectivity index (χ2v) is 6.23. The first kappa shape index (κ1) is 21.7. The number of benzene rings is 2. The Morgan fingerprint density at radius 3 is 2.14 bits per heavy atom. The maximum atomic E-state index is 12.3. The molecule has 28 heavy (non-hydrogen) atoms. The zero-order valence-corrected chi connectivity index (χ0v) is 17.3. The second-order valence-electron chi connectivity index (χ2n) is 5.82. The highest BCUT2D eigenvalue weighted by Gasteiger charge is 2.16. The van der Waals surface area contributed by atoms with Crippen LogP contribution in [0.1, 0.15) is 26.3 Å². The second kappa shape index (κ2) is 11.3. The normalized spacial score (nSPS) is 10.3. The predicted molar refractivity (Wildman–Crippen MR) is 112 cm³/mol. The summed E-state index contributed by atoms with van der Waals surface area (Å²) in [6.07, 6.45) is 0.644. The summed E-state index contributed by atoms with van der Waals surface area (Å²) in [5, 5.41) is 6.33. The third kappa shape index (κ3) is 6.23. The maximum absolute atomic E-state index is 12.3. The van der Waals surface area contributed by atoms with Gasteiger partial charge in [-0.05, 0) is 38.8 Å². The molecule has 7 heteroatoms. The molecule has 2 rings (SSSR count). The van der Waals surface area contributed by atoms with Gasteiger partial charge >= 0.3 is 6.03 Å². The predicted octanol–water partition coefficient (Wildman–Crippen LogP) is 4.90. The van der Waals surface area contributed by atoms with E-state index in [-0.39, 0.29) is 6.03 Å². The summed E-state index contributed by atoms with van der Waals surface area (Å²) in [6.45, 7) is 7.55. The van der Waals surface area contributed by atoms with Crippen LogP contribution in [0.25, 0.3) is 0 Å². The van der Waals surface area contributed by atoms with Gasteiger partial charge in [0, 0.05) is 23.7 Å². The van der Waals surface area contributed by atoms with E-state index in [1.54, 1.807) is 12.1 Å². The molecule has 152 valence electrons. The van der Waals surface area contributed by atoms with Gasteiger partial charge in [-0.2, -0.15) is 0 Å². The van der Waals surface area contributed by atoms with E-state index >= 15 is 0 Å². The van der Waals surface area contributed by atoms with Crippen molar-refractivity contribution < 1.29 is 19.0 Å². The molecule has 0 bridgehead atoms. The largest absolute Gasteiger partial charge is 0.490 e. The molecular formula is C21H27ClN2O4. The summed E-state index contributed by atoms with van der Waals surface area (Å²) in [5.74, 6) is 1.60. The van der Waals surface area contributed by atoms with Crippen molar-refractivity contribution in [2.45, 2.75) is 27.2 Å². The molecule has 0 aliphatic rings. The van der Waals surface area contributed by atoms with Crippen molar-refractivity contribution in [1.82, 2.24) is 5.32 Å². The summed E-state index contributed by atoms with van der Waals surface area (Å²) >= 11 is 6.14. The van der Waals surface area contributed by atoms with Crippen LogP contribution >= 0.6 is 11.6 Å². The SMILES string of the molecule is CCOc1cc(NC(=O)NCCc2ccccc2Cl)cc(OCC)c1OCC. The van der Waals surface area contributed by atoms with Crippen LogP contribution in [0.2, 0.25) is 5.02 Å². The zero-order chi connectivity index (χ0) is 20.4. The number of hydrogen-bond acceptors (Lipinski definition) is 4. The first-order chi connectivity index (χ1) is 13.6. The van der Waals surface area contributed by atoms with Crippen LogP contribution in [0.4, 0.5) is 10.5 Å². The quantitative estimate of drug-likeness (QED) is 0.588. The van der Waals surface area contributed by atoms with Crippen LogP contribution in [0, 0.1) is 0 Å². The van der Waals surface area contributed by atoms with Gasteiger partial charge < -0.3 is 24.8 Å². The molecule has 2 aromatic carbocycles. The molecule has 6 nitrogen and oxygen atoms in total. The number of hydrogen-bond donors (Lipinski definition) is 2. The molecule has 0 saturated heterocycles. The molecule has 0 saturated carbocycles. The Hall–Kier alpha value is -2.60. The fourth-order valence-corrected chi connectivity index (χ4v) is 2.88. The van der Waals surface area contributed by atoms with Gasteiger partial charge in [0.2, 0.25) is 5.75 Å². The van der Waals surface area contributed by atoms with Crippen molar-refractivity contribution in [3.05, 3.63) is 47.0 Å². The highest BCUT2D eigenvalue weighted by molar-refractivity contribution is 6.31. The number of rotatable bonds is 10. The molecule has 0 atom stereocenters. The monoisotopic (exact) mass is 406 g/mol. The number of halogens is 1. The lowest BCUT2D eigenvalue weighted by atomic mass is 10.1. The Kier molecular flexibility index (Phi) is 8.75. The van der Waals surface area contributed by atoms with Crippen LogP contribution < -0.4 is 24.8 Å². The van der Waals surface area contributed by atoms with Crippen LogP contribution in [-0.4, -0.2) is 32.4 Å². The van der Waals surface area contributed by atoms with Crippen LogP contribution in [0.5, 0.6) is 17.2 Å². The van der Waals surface area contributed by atoms with Crippen molar-refractivity contribution in [1.29, 1.82) is 0 Å². The number of carbonyl (C=O) groups excluding carboxylic acids is 1. The molecule has 0 heterocycles. The van der Waals surface area contributed by atoms with Crippen molar-refractivity contribution in [3.63, 3.8) is 0 Å². The lowest BCUT2D eigenvalue weighted by molar-refractivity contribution is 0.252. The minimum Gasteiger partial charge on any atom is -0.490 e. The van der Waals surface area contributed by atoms with E-state index in [0.717, 1.165) is 5.56 Å². The van der Waals surface area contributed by atoms with Crippen molar-refractivity contribution in [2.75, 3.05) is 31.7 Å². The Labute approximate surface area is 171 Å². The summed E-state index contributed by atoms with van der Waals surface area (Å²) in [6, 6.07) is 10.7. The van der Waals surface area contributed by atoms with E-state index in [4.69, 9.17) is 25.8 Å². The average Bonchev–Trinajstić information content (AvgIpc) is 2.66. The Bertz CT molecular complexity index is 756. The van der Waals surface area contributed by atoms with E-state index in [1.165, 1.54) is 0 Å². The Balaban J connectivity index is 2.04. The van der Waals surface area contributed by atoms with Crippen LogP contribution in [0.15, 0.2) is 36.4 Å². The average molecular weight is 407 g/mol. The highest BCUT2D eigenvalue weighted by atomic mass is 35.5. The first-order valence-corrected chi connectivity index (χ1v) is 9.81. The molecule has 2 N–H and O–H groups in total. The number of nitrogens with one attached hydrogen (secondary N) is 2. The Morgan fingerprint density at radius 1 is 0.964 bits per heavy atom. The summed E-state index contributed by atoms with van der Waals surface area (Å²) in [5.41, 5.74) is 1.55. The minimum atomic E-state index is -0.318. The van der Waals surface area contributed by atoms with E-state index in [1.807, 2.05) is 45.0 Å². The fraction of sp³-hybridized carbons (Fsp3) is 0.381. The summed E-state index contributed by atoms with van der Waals surface area (Å²) < 4.78 is 17.0. The lowest BCUT2D eigenvalue weighted by Crippen LogP contribution is -2.30. The summed E-state index contributed by atoms with van der Waals surface area (Å²) in [4.78, 5) is 12.3. The molecule has 2 amide bonds. The molecule has 0 aliphatic heterocycles. The molecule has 0 fully saturated rings. The van der Waals surface area contributed by atoms with Gasteiger partial charge in [0.15, 0.2) is 11.5 Å². The van der Waals surface area contributed by atoms with Gasteiger partial charge in [0.25, 0.3) is 0 Å². The minimum absolute atomic E-state index is 0.318. The van der Waals surface area contributed by atoms with Crippen molar-refractivity contribution in [2.24, 2.45) is 0 Å². The van der Waals surface area contributed by atoms with Crippen LogP contribution in [0.3, 0.4) is 0 Å². The first-order valence-electron chi connectivity index (χ1n) is 9.43. The van der Waals surface area contributed by atoms with E-state index in [9.17, 15) is 4.79 Å². The number of carbonyl (C=O) groups is 1. The van der Waals surface area contributed by atoms with Gasteiger partial charge in [0.1, 0.15) is 0 Å². The third-order valence-corrected chi connectivity index (χ3v) is 4.17. The number of urea groups is 1. The molecule has 0 aromatic heterocycles. The number of ether oxygens (including phenoxy) is 3. The van der Waals surface area contributed by atoms with E-state index in [0.29, 0.717) is 60.7 Å². The third-order valence-electron chi connectivity index (χ3n) is 3.80. The van der Waals surface area contributed by atoms with Crippen molar-refractivity contribution in [3.8, 4) is 17.2 Å². The Morgan fingerprint density at radius 2 is 1.57 bits per heavy atom. The standard InChI is InChI=1S/C21H27ClN2O4/c1-4-26-18-13-16(14-19(27-5-2)20(18)28-6-3)24-21(25)23-12-11-15-9-7-8-10-17(15)22/h7-10,13-14H,4-6,11-12H2,1-3H3,(H2,23,24,25). The van der Waals surface area contributed by atoms with Gasteiger partial charge in [-0.25, -0.2) is 4.79 Å². The van der Waals surface area contributed by atoms with Gasteiger partial charge in [-0.15, -0.1) is 0 Å². The van der Waals surface area contributed by atoms with E-state index in [2.05, 4.69) is 10.6 Å². The molecule has 0 unspecified atom stereocenters. The molecule has 0 spiro atoms. The molecule has 0 radical (unpaired) electrons. The van der Waals surface area contributed by atoms with Gasteiger partial charge in [0.05, 0.1) is 25.5 Å². The molecular weight excluding hydrogens is 380 g/mol. The smallest absolute Gasteiger partial charge is 0.319 e. The summed E-state index contributed by atoms with van der Waals surface area (Å²) in [7, 11) is 0. The van der Waals surface area contributed by atoms with Gasteiger partial charge in [-0.1, -0.05) is 29.8 Å². The maximum Gasteiger partial charge on any atom is 0.319 e. The van der Waals surface area contributed by atoms with E-state index < -0.39 is 0 Å². The fourth-order valence-electron chi connectivity index (χ4n) is 2.65. The van der Waals surface area contributed by atoms with Crippen LogP contribution in [-0.2, 0) is 6.42 Å². The number of amides is 2. The lowest BCUT2D eigenvalue weighted by Gasteiger charge is -2.17. The van der Waals surface area contributed by atoms with Crippen molar-refractivity contribution >= 4 is 23.3 Å². The number of anilines is 1. The molecule has 0 aliphatic carbocycles. The van der Waals surface area contributed by atoms with Gasteiger partial charge in [-0.3, -0.25) is 0 Å². The molecule has 2 aromatic rings. The highest BCUT2D eigenvalue weighted by Crippen LogP contribution is 2.40. The zero-order valence-electron chi connectivity index (χ0n) is 16.5.